The van der Waals surface area contributed by atoms with Gasteiger partial charge < -0.3 is 4.74 Å². The summed E-state index contributed by atoms with van der Waals surface area (Å²) in [6, 6.07) is 18.8. The number of unbranched alkanes of at least 4 members (excludes halogenated alkanes) is 3. The summed E-state index contributed by atoms with van der Waals surface area (Å²) in [5, 5.41) is 1.83. The van der Waals surface area contributed by atoms with Crippen LogP contribution >= 0.6 is 0 Å². The molecule has 1 N–H and O–H groups in total. The third-order valence-electron chi connectivity index (χ3n) is 4.64. The second kappa shape index (κ2) is 9.56. The van der Waals surface area contributed by atoms with Crippen LogP contribution in [0.2, 0.25) is 0 Å². The van der Waals surface area contributed by atoms with Crippen LogP contribution in [0.25, 0.3) is 10.8 Å². The van der Waals surface area contributed by atoms with E-state index in [4.69, 9.17) is 4.74 Å². The molecule has 0 aliphatic carbocycles. The molecule has 0 aliphatic heterocycles. The van der Waals surface area contributed by atoms with E-state index in [2.05, 4.69) is 11.6 Å². The van der Waals surface area contributed by atoms with Crippen LogP contribution in [-0.2, 0) is 14.8 Å². The molecule has 29 heavy (non-hydrogen) atoms. The summed E-state index contributed by atoms with van der Waals surface area (Å²) in [6.45, 7) is 2.52. The van der Waals surface area contributed by atoms with Gasteiger partial charge in [0.25, 0.3) is 10.0 Å². The van der Waals surface area contributed by atoms with E-state index in [0.29, 0.717) is 17.9 Å². The van der Waals surface area contributed by atoms with E-state index < -0.39 is 16.0 Å². The molecule has 0 aliphatic rings. The lowest BCUT2D eigenvalue weighted by Gasteiger charge is -2.10. The number of carbonyl (C=O) groups excluding carboxylic acids is 1. The number of ether oxygens (including phenoxy) is 1. The molecular weight excluding hydrogens is 386 g/mol. The summed E-state index contributed by atoms with van der Waals surface area (Å²) in [4.78, 5) is 12.2. The molecule has 6 heteroatoms. The molecule has 5 nitrogen and oxygen atoms in total. The van der Waals surface area contributed by atoms with Gasteiger partial charge in [-0.3, -0.25) is 4.72 Å². The van der Waals surface area contributed by atoms with Crippen LogP contribution in [0.5, 0.6) is 0 Å². The number of nitrogens with one attached hydrogen (secondary N) is 1. The van der Waals surface area contributed by atoms with E-state index in [1.165, 1.54) is 0 Å². The van der Waals surface area contributed by atoms with E-state index in [-0.39, 0.29) is 4.90 Å². The number of rotatable bonds is 9. The fourth-order valence-electron chi connectivity index (χ4n) is 3.00. The summed E-state index contributed by atoms with van der Waals surface area (Å²) in [5.74, 6) is -0.398. The fourth-order valence-corrected chi connectivity index (χ4v) is 4.09. The van der Waals surface area contributed by atoms with Gasteiger partial charge in [0.2, 0.25) is 0 Å². The minimum atomic E-state index is -3.73. The zero-order valence-corrected chi connectivity index (χ0v) is 17.2. The number of hydrogen-bond acceptors (Lipinski definition) is 4. The second-order valence-electron chi connectivity index (χ2n) is 6.89. The van der Waals surface area contributed by atoms with Crippen LogP contribution in [0.15, 0.2) is 71.6 Å². The largest absolute Gasteiger partial charge is 0.462 e. The number of sulfonamides is 1. The Kier molecular flexibility index (Phi) is 6.88. The van der Waals surface area contributed by atoms with Crippen molar-refractivity contribution in [1.82, 2.24) is 0 Å². The Bertz CT molecular complexity index is 1080. The van der Waals surface area contributed by atoms with Crippen molar-refractivity contribution in [3.8, 4) is 0 Å². The third-order valence-corrected chi connectivity index (χ3v) is 6.01. The quantitative estimate of drug-likeness (QED) is 0.379. The van der Waals surface area contributed by atoms with Gasteiger partial charge in [-0.25, -0.2) is 13.2 Å². The van der Waals surface area contributed by atoms with E-state index in [0.717, 1.165) is 36.5 Å². The molecule has 3 rings (SSSR count). The van der Waals surface area contributed by atoms with Crippen molar-refractivity contribution >= 4 is 32.5 Å². The Morgan fingerprint density at radius 1 is 0.897 bits per heavy atom. The number of carbonyl (C=O) groups is 1. The van der Waals surface area contributed by atoms with Gasteiger partial charge in [0, 0.05) is 5.69 Å². The minimum Gasteiger partial charge on any atom is -0.462 e. The lowest BCUT2D eigenvalue weighted by atomic mass is 10.1. The Morgan fingerprint density at radius 2 is 1.62 bits per heavy atom. The summed E-state index contributed by atoms with van der Waals surface area (Å²) in [7, 11) is -3.73. The van der Waals surface area contributed by atoms with Crippen molar-refractivity contribution in [2.75, 3.05) is 11.3 Å². The molecule has 0 heterocycles. The van der Waals surface area contributed by atoms with Gasteiger partial charge in [-0.15, -0.1) is 0 Å². The Hall–Kier alpha value is -2.86. The maximum Gasteiger partial charge on any atom is 0.338 e. The predicted octanol–water partition coefficient (Wildman–Crippen LogP) is 5.38. The van der Waals surface area contributed by atoms with Crippen LogP contribution in [0.3, 0.4) is 0 Å². The highest BCUT2D eigenvalue weighted by molar-refractivity contribution is 7.92. The number of esters is 1. The summed E-state index contributed by atoms with van der Waals surface area (Å²) in [6.07, 6.45) is 4.15. The molecule has 0 unspecified atom stereocenters. The van der Waals surface area contributed by atoms with Crippen molar-refractivity contribution in [1.29, 1.82) is 0 Å². The normalized spacial score (nSPS) is 11.3. The van der Waals surface area contributed by atoms with Crippen LogP contribution in [0, 0.1) is 0 Å². The van der Waals surface area contributed by atoms with E-state index in [1.54, 1.807) is 42.5 Å². The van der Waals surface area contributed by atoms with Crippen molar-refractivity contribution in [3.63, 3.8) is 0 Å². The summed E-state index contributed by atoms with van der Waals surface area (Å²) >= 11 is 0. The number of fused-ring (bicyclic) bond motifs is 1. The molecule has 0 amide bonds. The Balaban J connectivity index is 1.64. The maximum absolute atomic E-state index is 12.7. The molecule has 0 spiro atoms. The average molecular weight is 412 g/mol. The van der Waals surface area contributed by atoms with Crippen molar-refractivity contribution in [3.05, 3.63) is 72.3 Å². The first-order valence-corrected chi connectivity index (χ1v) is 11.3. The lowest BCUT2D eigenvalue weighted by Crippen LogP contribution is -2.13. The van der Waals surface area contributed by atoms with Gasteiger partial charge in [0.1, 0.15) is 0 Å². The molecule has 0 fully saturated rings. The molecule has 0 radical (unpaired) electrons. The fraction of sp³-hybridized carbons (Fsp3) is 0.261. The van der Waals surface area contributed by atoms with Gasteiger partial charge in [-0.05, 0) is 53.6 Å². The predicted molar refractivity (Wildman–Crippen MR) is 116 cm³/mol. The van der Waals surface area contributed by atoms with E-state index in [9.17, 15) is 13.2 Å². The van der Waals surface area contributed by atoms with Gasteiger partial charge >= 0.3 is 5.97 Å². The summed E-state index contributed by atoms with van der Waals surface area (Å²) < 4.78 is 33.2. The van der Waals surface area contributed by atoms with Crippen molar-refractivity contribution < 1.29 is 17.9 Å². The van der Waals surface area contributed by atoms with Gasteiger partial charge in [0.05, 0.1) is 17.1 Å². The van der Waals surface area contributed by atoms with Gasteiger partial charge in [0.15, 0.2) is 0 Å². The third kappa shape index (κ3) is 5.57. The molecule has 0 bridgehead atoms. The molecule has 3 aromatic carbocycles. The maximum atomic E-state index is 12.7. The Labute approximate surface area is 171 Å². The molecular formula is C23H25NO4S. The average Bonchev–Trinajstić information content (AvgIpc) is 2.73. The van der Waals surface area contributed by atoms with E-state index >= 15 is 0 Å². The second-order valence-corrected chi connectivity index (χ2v) is 8.57. The molecule has 3 aromatic rings. The number of anilines is 1. The molecule has 0 saturated carbocycles. The number of hydrogen-bond donors (Lipinski definition) is 1. The molecule has 0 saturated heterocycles. The molecule has 152 valence electrons. The van der Waals surface area contributed by atoms with Crippen LogP contribution in [0.4, 0.5) is 5.69 Å². The highest BCUT2D eigenvalue weighted by Crippen LogP contribution is 2.21. The van der Waals surface area contributed by atoms with Gasteiger partial charge in [-0.1, -0.05) is 56.5 Å². The molecule has 0 aromatic heterocycles. The monoisotopic (exact) mass is 411 g/mol. The Morgan fingerprint density at radius 3 is 2.34 bits per heavy atom. The van der Waals surface area contributed by atoms with Crippen LogP contribution < -0.4 is 4.72 Å². The van der Waals surface area contributed by atoms with Crippen molar-refractivity contribution in [2.24, 2.45) is 0 Å². The van der Waals surface area contributed by atoms with E-state index in [1.807, 2.05) is 24.3 Å². The lowest BCUT2D eigenvalue weighted by molar-refractivity contribution is 0.0498. The van der Waals surface area contributed by atoms with Crippen LogP contribution in [-0.4, -0.2) is 21.0 Å². The van der Waals surface area contributed by atoms with Gasteiger partial charge in [-0.2, -0.15) is 0 Å². The van der Waals surface area contributed by atoms with Crippen molar-refractivity contribution in [2.45, 2.75) is 37.5 Å². The SMILES string of the molecule is CCCCCCOC(=O)c1ccc(NS(=O)(=O)c2ccc3ccccc3c2)cc1. The topological polar surface area (TPSA) is 72.5 Å². The molecule has 0 atom stereocenters. The smallest absolute Gasteiger partial charge is 0.338 e. The zero-order valence-electron chi connectivity index (χ0n) is 16.4. The first kappa shape index (κ1) is 20.9. The number of benzene rings is 3. The summed E-state index contributed by atoms with van der Waals surface area (Å²) in [5.41, 5.74) is 0.784. The highest BCUT2D eigenvalue weighted by Gasteiger charge is 2.15. The van der Waals surface area contributed by atoms with Crippen LogP contribution in [0.1, 0.15) is 43.0 Å². The first-order chi connectivity index (χ1) is 14.0. The highest BCUT2D eigenvalue weighted by atomic mass is 32.2. The standard InChI is InChI=1S/C23H25NO4S/c1-2-3-4-7-16-28-23(25)19-10-13-21(14-11-19)24-29(26,27)22-15-12-18-8-5-6-9-20(18)17-22/h5-6,8-15,17,24H,2-4,7,16H2,1H3. The first-order valence-electron chi connectivity index (χ1n) is 9.78. The zero-order chi connectivity index (χ0) is 20.7. The minimum absolute atomic E-state index is 0.187.